The average molecular weight is 616 g/mol. The number of anilines is 1. The van der Waals surface area contributed by atoms with Gasteiger partial charge in [-0.05, 0) is 67.4 Å². The number of nitrogens with zero attached hydrogens (tertiary/aromatic N) is 2. The van der Waals surface area contributed by atoms with Gasteiger partial charge in [-0.25, -0.2) is 12.8 Å². The molecule has 3 rings (SSSR count). The van der Waals surface area contributed by atoms with Gasteiger partial charge in [0.15, 0.2) is 11.5 Å². The molecule has 0 fully saturated rings. The lowest BCUT2D eigenvalue weighted by molar-refractivity contribution is -0.139. The Bertz CT molecular complexity index is 1480. The van der Waals surface area contributed by atoms with Crippen LogP contribution in [0.3, 0.4) is 0 Å². The number of sulfonamides is 1. The Morgan fingerprint density at radius 3 is 2.14 bits per heavy atom. The van der Waals surface area contributed by atoms with Crippen molar-refractivity contribution in [2.45, 2.75) is 44.2 Å². The Morgan fingerprint density at radius 1 is 0.907 bits per heavy atom. The zero-order chi connectivity index (χ0) is 31.6. The summed E-state index contributed by atoms with van der Waals surface area (Å²) in [5.74, 6) is -0.465. The summed E-state index contributed by atoms with van der Waals surface area (Å²) in [5.41, 5.74) is 0.771. The van der Waals surface area contributed by atoms with Gasteiger partial charge in [-0.3, -0.25) is 13.9 Å². The molecule has 10 nitrogen and oxygen atoms in total. The molecule has 0 heterocycles. The van der Waals surface area contributed by atoms with Crippen molar-refractivity contribution in [3.05, 3.63) is 78.1 Å². The maximum Gasteiger partial charge on any atom is 0.264 e. The first-order valence-corrected chi connectivity index (χ1v) is 15.2. The molecule has 0 spiro atoms. The van der Waals surface area contributed by atoms with E-state index in [1.165, 1.54) is 56.6 Å². The molecule has 3 aromatic rings. The quantitative estimate of drug-likeness (QED) is 0.253. The van der Waals surface area contributed by atoms with E-state index in [4.69, 9.17) is 14.2 Å². The largest absolute Gasteiger partial charge is 0.497 e. The van der Waals surface area contributed by atoms with E-state index in [1.54, 1.807) is 31.2 Å². The molecule has 0 aliphatic rings. The van der Waals surface area contributed by atoms with Crippen LogP contribution in [0.25, 0.3) is 0 Å². The second-order valence-corrected chi connectivity index (χ2v) is 11.6. The van der Waals surface area contributed by atoms with Gasteiger partial charge in [0.05, 0.1) is 31.9 Å². The highest BCUT2D eigenvalue weighted by Crippen LogP contribution is 2.32. The van der Waals surface area contributed by atoms with Gasteiger partial charge in [0, 0.05) is 19.2 Å². The third-order valence-electron chi connectivity index (χ3n) is 6.85. The van der Waals surface area contributed by atoms with E-state index in [-0.39, 0.29) is 28.8 Å². The third-order valence-corrected chi connectivity index (χ3v) is 8.62. The van der Waals surface area contributed by atoms with Gasteiger partial charge in [0.1, 0.15) is 24.2 Å². The van der Waals surface area contributed by atoms with Crippen molar-refractivity contribution < 1.29 is 36.6 Å². The summed E-state index contributed by atoms with van der Waals surface area (Å²) < 4.78 is 58.5. The van der Waals surface area contributed by atoms with Crippen LogP contribution in [-0.4, -0.2) is 65.6 Å². The van der Waals surface area contributed by atoms with Crippen LogP contribution in [0.5, 0.6) is 17.2 Å². The molecule has 1 atom stereocenters. The van der Waals surface area contributed by atoms with Crippen LogP contribution in [0, 0.1) is 5.82 Å². The Kier molecular flexibility index (Phi) is 11.8. The molecule has 0 aliphatic carbocycles. The average Bonchev–Trinajstić information content (AvgIpc) is 3.02. The summed E-state index contributed by atoms with van der Waals surface area (Å²) >= 11 is 0. The van der Waals surface area contributed by atoms with Crippen molar-refractivity contribution in [1.82, 2.24) is 10.2 Å². The maximum atomic E-state index is 14.0. The molecule has 0 aliphatic heterocycles. The lowest BCUT2D eigenvalue weighted by Crippen LogP contribution is -2.51. The van der Waals surface area contributed by atoms with Gasteiger partial charge in [-0.2, -0.15) is 0 Å². The normalized spacial score (nSPS) is 11.8. The number of benzene rings is 3. The van der Waals surface area contributed by atoms with Crippen LogP contribution in [0.4, 0.5) is 10.1 Å². The van der Waals surface area contributed by atoms with Crippen molar-refractivity contribution in [2.24, 2.45) is 0 Å². The van der Waals surface area contributed by atoms with Crippen molar-refractivity contribution in [2.75, 3.05) is 38.7 Å². The second-order valence-electron chi connectivity index (χ2n) is 9.70. The summed E-state index contributed by atoms with van der Waals surface area (Å²) in [4.78, 5) is 28.2. The second kappa shape index (κ2) is 15.2. The lowest BCUT2D eigenvalue weighted by Gasteiger charge is -2.32. The van der Waals surface area contributed by atoms with Gasteiger partial charge in [-0.1, -0.05) is 25.5 Å². The molecule has 12 heteroatoms. The minimum absolute atomic E-state index is 0.0266. The fourth-order valence-corrected chi connectivity index (χ4v) is 5.72. The van der Waals surface area contributed by atoms with Crippen LogP contribution in [0.2, 0.25) is 0 Å². The van der Waals surface area contributed by atoms with E-state index in [2.05, 4.69) is 5.32 Å². The standard InChI is InChI=1S/C31H38FN3O7S/c1-6-7-18-33-31(37)22(2)34(20-23-8-14-26(40-3)15-9-23)30(36)21-35(25-12-10-24(32)11-13-25)43(38,39)27-16-17-28(41-4)29(19-27)42-5/h8-17,19,22H,6-7,18,20-21H2,1-5H3,(H,33,37)/t22-/m1/s1. The van der Waals surface area contributed by atoms with E-state index in [1.807, 2.05) is 6.92 Å². The first-order chi connectivity index (χ1) is 20.5. The fraction of sp³-hybridized carbons (Fsp3) is 0.355. The number of methoxy groups -OCH3 is 3. The molecule has 0 saturated carbocycles. The molecule has 2 amide bonds. The Labute approximate surface area is 252 Å². The minimum Gasteiger partial charge on any atom is -0.497 e. The molecule has 1 N–H and O–H groups in total. The lowest BCUT2D eigenvalue weighted by atomic mass is 10.1. The number of amides is 2. The zero-order valence-electron chi connectivity index (χ0n) is 25.0. The van der Waals surface area contributed by atoms with Gasteiger partial charge in [0.25, 0.3) is 10.0 Å². The van der Waals surface area contributed by atoms with Crippen molar-refractivity contribution in [3.63, 3.8) is 0 Å². The maximum absolute atomic E-state index is 14.0. The minimum atomic E-state index is -4.39. The molecule has 0 aromatic heterocycles. The van der Waals surface area contributed by atoms with Gasteiger partial charge < -0.3 is 24.4 Å². The number of nitrogens with one attached hydrogen (secondary N) is 1. The number of unbranched alkanes of at least 4 members (excludes halogenated alkanes) is 1. The first kappa shape index (κ1) is 33.2. The number of hydrogen-bond acceptors (Lipinski definition) is 7. The van der Waals surface area contributed by atoms with Gasteiger partial charge in [0.2, 0.25) is 11.8 Å². The summed E-state index contributed by atoms with van der Waals surface area (Å²) in [6.07, 6.45) is 1.65. The summed E-state index contributed by atoms with van der Waals surface area (Å²) in [6.45, 7) is 3.40. The Morgan fingerprint density at radius 2 is 1.56 bits per heavy atom. The molecular weight excluding hydrogens is 577 g/mol. The van der Waals surface area contributed by atoms with E-state index < -0.39 is 34.3 Å². The molecule has 0 radical (unpaired) electrons. The molecule has 0 bridgehead atoms. The molecule has 232 valence electrons. The number of hydrogen-bond donors (Lipinski definition) is 1. The smallest absolute Gasteiger partial charge is 0.264 e. The molecule has 0 unspecified atom stereocenters. The number of carbonyl (C=O) groups excluding carboxylic acids is 2. The van der Waals surface area contributed by atoms with Gasteiger partial charge >= 0.3 is 0 Å². The fourth-order valence-electron chi connectivity index (χ4n) is 4.29. The molecular formula is C31H38FN3O7S. The molecule has 3 aromatic carbocycles. The van der Waals surface area contributed by atoms with E-state index in [0.717, 1.165) is 29.3 Å². The van der Waals surface area contributed by atoms with Crippen LogP contribution >= 0.6 is 0 Å². The molecule has 0 saturated heterocycles. The zero-order valence-corrected chi connectivity index (χ0v) is 25.8. The Hall–Kier alpha value is -4.32. The SMILES string of the molecule is CCCCNC(=O)[C@@H](C)N(Cc1ccc(OC)cc1)C(=O)CN(c1ccc(F)cc1)S(=O)(=O)c1ccc(OC)c(OC)c1. The van der Waals surface area contributed by atoms with Crippen LogP contribution < -0.4 is 23.8 Å². The highest BCUT2D eigenvalue weighted by atomic mass is 32.2. The number of ether oxygens (including phenoxy) is 3. The topological polar surface area (TPSA) is 114 Å². The monoisotopic (exact) mass is 615 g/mol. The van der Waals surface area contributed by atoms with Crippen LogP contribution in [-0.2, 0) is 26.2 Å². The summed E-state index contributed by atoms with van der Waals surface area (Å²) in [7, 11) is -0.0520. The number of halogens is 1. The van der Waals surface area contributed by atoms with Crippen LogP contribution in [0.1, 0.15) is 32.3 Å². The molecule has 43 heavy (non-hydrogen) atoms. The highest BCUT2D eigenvalue weighted by Gasteiger charge is 2.33. The highest BCUT2D eigenvalue weighted by molar-refractivity contribution is 7.92. The van der Waals surface area contributed by atoms with E-state index in [9.17, 15) is 22.4 Å². The van der Waals surface area contributed by atoms with Crippen molar-refractivity contribution >= 4 is 27.5 Å². The van der Waals surface area contributed by atoms with E-state index in [0.29, 0.717) is 23.6 Å². The predicted molar refractivity (Wildman–Crippen MR) is 161 cm³/mol. The van der Waals surface area contributed by atoms with Gasteiger partial charge in [-0.15, -0.1) is 0 Å². The number of carbonyl (C=O) groups is 2. The predicted octanol–water partition coefficient (Wildman–Crippen LogP) is 4.38. The van der Waals surface area contributed by atoms with E-state index >= 15 is 0 Å². The number of rotatable bonds is 15. The third kappa shape index (κ3) is 8.38. The van der Waals surface area contributed by atoms with Crippen LogP contribution in [0.15, 0.2) is 71.6 Å². The van der Waals surface area contributed by atoms with Crippen molar-refractivity contribution in [3.8, 4) is 17.2 Å². The first-order valence-electron chi connectivity index (χ1n) is 13.8. The summed E-state index contributed by atoms with van der Waals surface area (Å²) in [6, 6.07) is 14.9. The van der Waals surface area contributed by atoms with Crippen molar-refractivity contribution in [1.29, 1.82) is 0 Å². The summed E-state index contributed by atoms with van der Waals surface area (Å²) in [5, 5.41) is 2.84. The Balaban J connectivity index is 2.03.